The molecule has 0 bridgehead atoms. The lowest BCUT2D eigenvalue weighted by molar-refractivity contribution is -0.385. The van der Waals surface area contributed by atoms with Crippen LogP contribution in [0.2, 0.25) is 5.02 Å². The number of esters is 1. The third-order valence-corrected chi connectivity index (χ3v) is 5.08. The first-order valence-corrected chi connectivity index (χ1v) is 9.90. The Morgan fingerprint density at radius 3 is 2.50 bits per heavy atom. The van der Waals surface area contributed by atoms with Gasteiger partial charge >= 0.3 is 5.97 Å². The Kier molecular flexibility index (Phi) is 6.84. The largest absolute Gasteiger partial charge is 0.454 e. The van der Waals surface area contributed by atoms with Gasteiger partial charge in [0.15, 0.2) is 6.10 Å². The summed E-state index contributed by atoms with van der Waals surface area (Å²) in [5, 5.41) is 12.5. The predicted octanol–water partition coefficient (Wildman–Crippen LogP) is 2.56. The molecule has 0 unspecified atom stereocenters. The summed E-state index contributed by atoms with van der Waals surface area (Å²) in [6.07, 6.45) is -1.33. The smallest absolute Gasteiger partial charge is 0.312 e. The van der Waals surface area contributed by atoms with Crippen molar-refractivity contribution in [1.82, 2.24) is 10.4 Å². The van der Waals surface area contributed by atoms with Gasteiger partial charge in [-0.1, -0.05) is 23.7 Å². The molecular weight excluding hydrogens is 442 g/mol. The van der Waals surface area contributed by atoms with Crippen LogP contribution in [0.25, 0.3) is 0 Å². The van der Waals surface area contributed by atoms with E-state index in [0.29, 0.717) is 10.6 Å². The fourth-order valence-electron chi connectivity index (χ4n) is 3.15. The van der Waals surface area contributed by atoms with Gasteiger partial charge in [-0.15, -0.1) is 0 Å². The number of para-hydroxylation sites is 1. The minimum atomic E-state index is -1.09. The number of ether oxygens (including phenoxy) is 1. The second kappa shape index (κ2) is 9.56. The first-order valence-electron chi connectivity index (χ1n) is 9.52. The fourth-order valence-corrected chi connectivity index (χ4v) is 3.28. The molecule has 32 heavy (non-hydrogen) atoms. The molecule has 2 aromatic rings. The summed E-state index contributed by atoms with van der Waals surface area (Å²) in [5.74, 6) is -3.52. The van der Waals surface area contributed by atoms with Crippen LogP contribution < -0.4 is 5.43 Å². The molecule has 0 radical (unpaired) electrons. The second-order valence-corrected chi connectivity index (χ2v) is 7.51. The number of hydrogen-bond donors (Lipinski definition) is 1. The Morgan fingerprint density at radius 1 is 1.19 bits per heavy atom. The maximum atomic E-state index is 12.5. The minimum Gasteiger partial charge on any atom is -0.454 e. The quantitative estimate of drug-likeness (QED) is 0.291. The summed E-state index contributed by atoms with van der Waals surface area (Å²) in [4.78, 5) is 59.9. The van der Waals surface area contributed by atoms with Gasteiger partial charge < -0.3 is 4.74 Å². The summed E-state index contributed by atoms with van der Waals surface area (Å²) in [7, 11) is 0. The molecule has 2 aromatic carbocycles. The molecule has 1 fully saturated rings. The summed E-state index contributed by atoms with van der Waals surface area (Å²) in [6.45, 7) is 1.23. The minimum absolute atomic E-state index is 0.189. The molecule has 1 N–H and O–H groups in total. The van der Waals surface area contributed by atoms with Gasteiger partial charge in [0.2, 0.25) is 11.7 Å². The highest BCUT2D eigenvalue weighted by Crippen LogP contribution is 2.22. The molecule has 2 atom stereocenters. The highest BCUT2D eigenvalue weighted by molar-refractivity contribution is 6.30. The summed E-state index contributed by atoms with van der Waals surface area (Å²) < 4.78 is 5.22. The first-order chi connectivity index (χ1) is 15.2. The molecule has 2 amide bonds. The SMILES string of the molecule is C[C@H](OC(=O)[C@H]1CC(=O)N(NC(=O)c2ccccc2[N+](=O)[O-])C1)C(=O)c1ccc(Cl)cc1. The molecule has 166 valence electrons. The van der Waals surface area contributed by atoms with Crippen molar-refractivity contribution in [2.45, 2.75) is 19.4 Å². The van der Waals surface area contributed by atoms with E-state index in [1.54, 1.807) is 0 Å². The zero-order valence-corrected chi connectivity index (χ0v) is 17.6. The molecule has 1 heterocycles. The van der Waals surface area contributed by atoms with E-state index in [9.17, 15) is 29.3 Å². The molecule has 1 aliphatic heterocycles. The van der Waals surface area contributed by atoms with E-state index >= 15 is 0 Å². The van der Waals surface area contributed by atoms with Gasteiger partial charge in [0.25, 0.3) is 11.6 Å². The van der Waals surface area contributed by atoms with Gasteiger partial charge in [-0.05, 0) is 37.3 Å². The van der Waals surface area contributed by atoms with Gasteiger partial charge in [-0.2, -0.15) is 0 Å². The zero-order chi connectivity index (χ0) is 23.4. The third kappa shape index (κ3) is 5.09. The molecule has 1 saturated heterocycles. The lowest BCUT2D eigenvalue weighted by Gasteiger charge is -2.18. The number of nitro groups is 1. The van der Waals surface area contributed by atoms with Crippen LogP contribution in [0.1, 0.15) is 34.1 Å². The van der Waals surface area contributed by atoms with Crippen molar-refractivity contribution in [3.05, 3.63) is 74.8 Å². The lowest BCUT2D eigenvalue weighted by Crippen LogP contribution is -2.43. The van der Waals surface area contributed by atoms with Gasteiger partial charge in [-0.3, -0.25) is 39.7 Å². The van der Waals surface area contributed by atoms with Gasteiger partial charge in [0.05, 0.1) is 17.4 Å². The molecule has 0 aromatic heterocycles. The van der Waals surface area contributed by atoms with Crippen LogP contribution in [0.15, 0.2) is 48.5 Å². The number of hydrazine groups is 1. The number of ketones is 1. The van der Waals surface area contributed by atoms with Crippen LogP contribution in [-0.2, 0) is 14.3 Å². The Bertz CT molecular complexity index is 1090. The highest BCUT2D eigenvalue weighted by Gasteiger charge is 2.38. The second-order valence-electron chi connectivity index (χ2n) is 7.07. The molecule has 0 spiro atoms. The number of hydrogen-bond acceptors (Lipinski definition) is 7. The van der Waals surface area contributed by atoms with E-state index in [-0.39, 0.29) is 18.5 Å². The molecular formula is C21H18ClN3O7. The van der Waals surface area contributed by atoms with Crippen molar-refractivity contribution in [1.29, 1.82) is 0 Å². The van der Waals surface area contributed by atoms with Crippen LogP contribution in [-0.4, -0.2) is 46.1 Å². The van der Waals surface area contributed by atoms with Crippen molar-refractivity contribution < 1.29 is 28.8 Å². The zero-order valence-electron chi connectivity index (χ0n) is 16.8. The fraction of sp³-hybridized carbons (Fsp3) is 0.238. The standard InChI is InChI=1S/C21H18ClN3O7/c1-12(19(27)13-6-8-15(22)9-7-13)32-21(29)14-10-18(26)24(11-14)23-20(28)16-4-2-3-5-17(16)25(30)31/h2-9,12,14H,10-11H2,1H3,(H,23,28)/t12-,14-/m0/s1. The van der Waals surface area contributed by atoms with Crippen LogP contribution in [0.5, 0.6) is 0 Å². The number of benzene rings is 2. The monoisotopic (exact) mass is 459 g/mol. The van der Waals surface area contributed by atoms with E-state index in [4.69, 9.17) is 16.3 Å². The van der Waals surface area contributed by atoms with E-state index in [2.05, 4.69) is 5.43 Å². The van der Waals surface area contributed by atoms with Crippen LogP contribution in [0.3, 0.4) is 0 Å². The molecule has 11 heteroatoms. The number of nitrogens with zero attached hydrogens (tertiary/aromatic N) is 2. The van der Waals surface area contributed by atoms with E-state index in [1.165, 1.54) is 55.5 Å². The van der Waals surface area contributed by atoms with Crippen molar-refractivity contribution in [3.8, 4) is 0 Å². The number of halogens is 1. The number of nitrogens with one attached hydrogen (secondary N) is 1. The van der Waals surface area contributed by atoms with Crippen LogP contribution in [0, 0.1) is 16.0 Å². The third-order valence-electron chi connectivity index (χ3n) is 4.83. The maximum absolute atomic E-state index is 12.5. The molecule has 0 saturated carbocycles. The molecule has 0 aliphatic carbocycles. The Labute approximate surface area is 187 Å². The Balaban J connectivity index is 1.61. The van der Waals surface area contributed by atoms with Crippen molar-refractivity contribution in [2.24, 2.45) is 5.92 Å². The number of nitro benzene ring substituents is 1. The number of rotatable bonds is 7. The summed E-state index contributed by atoms with van der Waals surface area (Å²) in [5.41, 5.74) is 1.96. The number of carbonyl (C=O) groups excluding carboxylic acids is 4. The number of Topliss-reactive ketones (excluding diaryl/α,β-unsaturated/α-hetero) is 1. The summed E-state index contributed by atoms with van der Waals surface area (Å²) in [6, 6.07) is 11.4. The molecule has 1 aliphatic rings. The van der Waals surface area contributed by atoms with Crippen LogP contribution in [0.4, 0.5) is 5.69 Å². The summed E-state index contributed by atoms with van der Waals surface area (Å²) >= 11 is 5.80. The van der Waals surface area contributed by atoms with Crippen molar-refractivity contribution in [3.63, 3.8) is 0 Å². The number of carbonyl (C=O) groups is 4. The highest BCUT2D eigenvalue weighted by atomic mass is 35.5. The topological polar surface area (TPSA) is 136 Å². The average molecular weight is 460 g/mol. The van der Waals surface area contributed by atoms with Crippen LogP contribution >= 0.6 is 11.6 Å². The molecule has 10 nitrogen and oxygen atoms in total. The normalized spacial score (nSPS) is 16.4. The maximum Gasteiger partial charge on any atom is 0.312 e. The average Bonchev–Trinajstić information content (AvgIpc) is 3.14. The van der Waals surface area contributed by atoms with Crippen molar-refractivity contribution >= 4 is 40.9 Å². The lowest BCUT2D eigenvalue weighted by atomic mass is 10.1. The van der Waals surface area contributed by atoms with E-state index in [0.717, 1.165) is 5.01 Å². The van der Waals surface area contributed by atoms with Gasteiger partial charge in [-0.25, -0.2) is 0 Å². The first kappa shape index (κ1) is 22.9. The molecule has 3 rings (SSSR count). The predicted molar refractivity (Wildman–Crippen MR) is 112 cm³/mol. The Hall–Kier alpha value is -3.79. The van der Waals surface area contributed by atoms with Gasteiger partial charge in [0, 0.05) is 23.1 Å². The van der Waals surface area contributed by atoms with Gasteiger partial charge in [0.1, 0.15) is 5.56 Å². The Morgan fingerprint density at radius 2 is 1.84 bits per heavy atom. The van der Waals surface area contributed by atoms with E-state index < -0.39 is 46.2 Å². The number of amides is 2. The van der Waals surface area contributed by atoms with Crippen molar-refractivity contribution in [2.75, 3.05) is 6.54 Å². The van der Waals surface area contributed by atoms with E-state index in [1.807, 2.05) is 0 Å².